The molecule has 0 bridgehead atoms. The maximum atomic E-state index is 12.0. The van der Waals surface area contributed by atoms with Gasteiger partial charge in [0.15, 0.2) is 0 Å². The van der Waals surface area contributed by atoms with Crippen molar-refractivity contribution in [3.63, 3.8) is 0 Å². The summed E-state index contributed by atoms with van der Waals surface area (Å²) in [5.41, 5.74) is 0.667. The van der Waals surface area contributed by atoms with Gasteiger partial charge in [0.1, 0.15) is 0 Å². The van der Waals surface area contributed by atoms with Crippen LogP contribution in [0.15, 0.2) is 24.3 Å². The van der Waals surface area contributed by atoms with E-state index in [1.54, 1.807) is 29.2 Å². The third-order valence-electron chi connectivity index (χ3n) is 2.95. The van der Waals surface area contributed by atoms with Gasteiger partial charge in [-0.2, -0.15) is 0 Å². The summed E-state index contributed by atoms with van der Waals surface area (Å²) >= 11 is 12.1. The number of amides is 1. The minimum absolute atomic E-state index is 0.0499. The maximum Gasteiger partial charge on any atom is 0.246 e. The summed E-state index contributed by atoms with van der Waals surface area (Å²) < 4.78 is 5.40. The van der Waals surface area contributed by atoms with Crippen molar-refractivity contribution in [1.29, 1.82) is 0 Å². The Kier molecular flexibility index (Phi) is 4.86. The van der Waals surface area contributed by atoms with Crippen molar-refractivity contribution < 1.29 is 9.53 Å². The number of ether oxygens (including phenoxy) is 1. The molecule has 1 aromatic rings. The number of nitrogens with zero attached hydrogens (tertiary/aromatic N) is 1. The Balaban J connectivity index is 2.08. The number of hydrogen-bond acceptors (Lipinski definition) is 2. The van der Waals surface area contributed by atoms with Gasteiger partial charge in [-0.15, -0.1) is 0 Å². The van der Waals surface area contributed by atoms with E-state index in [0.29, 0.717) is 35.3 Å². The van der Waals surface area contributed by atoms with Crippen LogP contribution in [-0.4, -0.2) is 36.6 Å². The highest BCUT2D eigenvalue weighted by Crippen LogP contribution is 2.25. The van der Waals surface area contributed by atoms with Gasteiger partial charge in [0.25, 0.3) is 0 Å². The molecule has 3 nitrogen and oxygen atoms in total. The summed E-state index contributed by atoms with van der Waals surface area (Å²) in [5, 5.41) is 1.07. The molecular weight excluding hydrogens is 285 g/mol. The minimum atomic E-state index is -0.0499. The molecule has 1 heterocycles. The molecule has 2 rings (SSSR count). The van der Waals surface area contributed by atoms with Gasteiger partial charge < -0.3 is 9.64 Å². The second-order valence-corrected chi connectivity index (χ2v) is 5.25. The van der Waals surface area contributed by atoms with Crippen molar-refractivity contribution in [3.8, 4) is 0 Å². The lowest BCUT2D eigenvalue weighted by atomic mass is 10.2. The summed E-state index contributed by atoms with van der Waals surface area (Å²) in [6, 6.07) is 5.26. The van der Waals surface area contributed by atoms with E-state index >= 15 is 0 Å². The van der Waals surface area contributed by atoms with Crippen molar-refractivity contribution in [3.05, 3.63) is 39.9 Å². The molecule has 1 aliphatic heterocycles. The van der Waals surface area contributed by atoms with Crippen molar-refractivity contribution in [1.82, 2.24) is 4.90 Å². The Morgan fingerprint density at radius 2 is 2.11 bits per heavy atom. The number of hydrogen-bond donors (Lipinski definition) is 0. The van der Waals surface area contributed by atoms with Gasteiger partial charge >= 0.3 is 0 Å². The number of rotatable bonds is 2. The Morgan fingerprint density at radius 1 is 1.42 bits per heavy atom. The molecule has 0 N–H and O–H groups in total. The summed E-state index contributed by atoms with van der Waals surface area (Å²) in [7, 11) is 0. The summed E-state index contributed by atoms with van der Waals surface area (Å²) in [6.07, 6.45) is 3.24. The molecule has 102 valence electrons. The standard InChI is InChI=1S/C14H15Cl2NO2/c1-10-9-17(7-8-19-10)14(18)6-5-11-12(15)3-2-4-13(11)16/h2-6,10H,7-9H2,1H3/b6-5+. The number of carbonyl (C=O) groups excluding carboxylic acids is 1. The molecule has 0 spiro atoms. The quantitative estimate of drug-likeness (QED) is 0.785. The Bertz CT molecular complexity index is 482. The second-order valence-electron chi connectivity index (χ2n) is 4.43. The summed E-state index contributed by atoms with van der Waals surface area (Å²) in [5.74, 6) is -0.0499. The Labute approximate surface area is 122 Å². The van der Waals surface area contributed by atoms with Crippen LogP contribution in [0.4, 0.5) is 0 Å². The first kappa shape index (κ1) is 14.4. The lowest BCUT2D eigenvalue weighted by Gasteiger charge is -2.30. The van der Waals surface area contributed by atoms with Gasteiger partial charge in [-0.05, 0) is 25.1 Å². The fourth-order valence-electron chi connectivity index (χ4n) is 1.95. The molecule has 1 atom stereocenters. The molecule has 1 amide bonds. The van der Waals surface area contributed by atoms with Crippen molar-refractivity contribution in [2.24, 2.45) is 0 Å². The maximum absolute atomic E-state index is 12.0. The molecule has 1 aliphatic rings. The lowest BCUT2D eigenvalue weighted by molar-refractivity contribution is -0.132. The number of benzene rings is 1. The van der Waals surface area contributed by atoms with Gasteiger partial charge in [-0.25, -0.2) is 0 Å². The Morgan fingerprint density at radius 3 is 2.74 bits per heavy atom. The number of morpholine rings is 1. The molecule has 1 aromatic carbocycles. The largest absolute Gasteiger partial charge is 0.375 e. The van der Waals surface area contributed by atoms with E-state index in [0.717, 1.165) is 0 Å². The van der Waals surface area contributed by atoms with E-state index in [1.807, 2.05) is 6.92 Å². The Hall–Kier alpha value is -1.03. The molecule has 5 heteroatoms. The van der Waals surface area contributed by atoms with Crippen LogP contribution in [0.2, 0.25) is 10.0 Å². The summed E-state index contributed by atoms with van der Waals surface area (Å²) in [4.78, 5) is 13.8. The third-order valence-corrected chi connectivity index (χ3v) is 3.60. The van der Waals surface area contributed by atoms with E-state index in [1.165, 1.54) is 6.08 Å². The normalized spacial score (nSPS) is 19.9. The van der Waals surface area contributed by atoms with Crippen LogP contribution in [0.3, 0.4) is 0 Å². The highest BCUT2D eigenvalue weighted by molar-refractivity contribution is 6.37. The fourth-order valence-corrected chi connectivity index (χ4v) is 2.47. The van der Waals surface area contributed by atoms with E-state index in [4.69, 9.17) is 27.9 Å². The monoisotopic (exact) mass is 299 g/mol. The van der Waals surface area contributed by atoms with Gasteiger partial charge in [0, 0.05) is 34.8 Å². The average molecular weight is 300 g/mol. The lowest BCUT2D eigenvalue weighted by Crippen LogP contribution is -2.43. The predicted octanol–water partition coefficient (Wildman–Crippen LogP) is 3.25. The van der Waals surface area contributed by atoms with Crippen molar-refractivity contribution in [2.75, 3.05) is 19.7 Å². The van der Waals surface area contributed by atoms with E-state index in [2.05, 4.69) is 0 Å². The highest BCUT2D eigenvalue weighted by Gasteiger charge is 2.19. The van der Waals surface area contributed by atoms with Crippen LogP contribution in [0.1, 0.15) is 12.5 Å². The molecule has 0 aromatic heterocycles. The van der Waals surface area contributed by atoms with Crippen LogP contribution in [0.5, 0.6) is 0 Å². The van der Waals surface area contributed by atoms with Crippen molar-refractivity contribution in [2.45, 2.75) is 13.0 Å². The molecule has 1 saturated heterocycles. The van der Waals surface area contributed by atoms with E-state index in [-0.39, 0.29) is 12.0 Å². The molecule has 0 radical (unpaired) electrons. The number of halogens is 2. The van der Waals surface area contributed by atoms with Crippen LogP contribution in [-0.2, 0) is 9.53 Å². The predicted molar refractivity (Wildman–Crippen MR) is 77.5 cm³/mol. The second kappa shape index (κ2) is 6.42. The fraction of sp³-hybridized carbons (Fsp3) is 0.357. The first-order chi connectivity index (χ1) is 9.08. The molecule has 1 unspecified atom stereocenters. The van der Waals surface area contributed by atoms with E-state index in [9.17, 15) is 4.79 Å². The van der Waals surface area contributed by atoms with Crippen LogP contribution in [0, 0.1) is 0 Å². The molecular formula is C14H15Cl2NO2. The zero-order valence-corrected chi connectivity index (χ0v) is 12.1. The third kappa shape index (κ3) is 3.72. The molecule has 0 saturated carbocycles. The van der Waals surface area contributed by atoms with E-state index < -0.39 is 0 Å². The van der Waals surface area contributed by atoms with Crippen LogP contribution in [0.25, 0.3) is 6.08 Å². The molecule has 0 aliphatic carbocycles. The first-order valence-electron chi connectivity index (χ1n) is 6.10. The number of carbonyl (C=O) groups is 1. The van der Waals surface area contributed by atoms with Crippen molar-refractivity contribution >= 4 is 35.2 Å². The summed E-state index contributed by atoms with van der Waals surface area (Å²) in [6.45, 7) is 3.75. The molecule has 1 fully saturated rings. The smallest absolute Gasteiger partial charge is 0.246 e. The zero-order chi connectivity index (χ0) is 13.8. The van der Waals surface area contributed by atoms with Gasteiger partial charge in [-0.1, -0.05) is 29.3 Å². The highest BCUT2D eigenvalue weighted by atomic mass is 35.5. The topological polar surface area (TPSA) is 29.5 Å². The minimum Gasteiger partial charge on any atom is -0.375 e. The SMILES string of the molecule is CC1CN(C(=O)/C=C/c2c(Cl)cccc2Cl)CCO1. The van der Waals surface area contributed by atoms with Crippen LogP contribution < -0.4 is 0 Å². The van der Waals surface area contributed by atoms with Crippen LogP contribution >= 0.6 is 23.2 Å². The van der Waals surface area contributed by atoms with Gasteiger partial charge in [0.2, 0.25) is 5.91 Å². The zero-order valence-electron chi connectivity index (χ0n) is 10.6. The first-order valence-corrected chi connectivity index (χ1v) is 6.86. The average Bonchev–Trinajstić information content (AvgIpc) is 2.38. The van der Waals surface area contributed by atoms with Gasteiger partial charge in [0.05, 0.1) is 12.7 Å². The van der Waals surface area contributed by atoms with Gasteiger partial charge in [-0.3, -0.25) is 4.79 Å². The molecule has 19 heavy (non-hydrogen) atoms.